The van der Waals surface area contributed by atoms with Gasteiger partial charge in [0.25, 0.3) is 0 Å². The van der Waals surface area contributed by atoms with E-state index in [-0.39, 0.29) is 11.0 Å². The van der Waals surface area contributed by atoms with Gasteiger partial charge in [0, 0.05) is 13.1 Å². The molecule has 1 spiro atoms. The van der Waals surface area contributed by atoms with E-state index in [9.17, 15) is 23.1 Å². The molecule has 0 bridgehead atoms. The monoisotopic (exact) mass is 327 g/mol. The van der Waals surface area contributed by atoms with Gasteiger partial charge in [-0.2, -0.15) is 13.2 Å². The Morgan fingerprint density at radius 1 is 1.17 bits per heavy atom. The van der Waals surface area contributed by atoms with Crippen molar-refractivity contribution >= 4 is 5.91 Å². The van der Waals surface area contributed by atoms with Crippen LogP contribution in [-0.2, 0) is 10.4 Å². The molecule has 1 amide bonds. The van der Waals surface area contributed by atoms with E-state index >= 15 is 0 Å². The van der Waals surface area contributed by atoms with Gasteiger partial charge >= 0.3 is 6.18 Å². The normalized spacial score (nSPS) is 22.7. The van der Waals surface area contributed by atoms with Crippen molar-refractivity contribution in [1.82, 2.24) is 4.90 Å². The van der Waals surface area contributed by atoms with Gasteiger partial charge in [0.1, 0.15) is 0 Å². The molecule has 0 unspecified atom stereocenters. The number of benzene rings is 1. The van der Waals surface area contributed by atoms with Crippen LogP contribution in [0.5, 0.6) is 0 Å². The lowest BCUT2D eigenvalue weighted by atomic mass is 9.68. The molecule has 2 aliphatic rings. The lowest BCUT2D eigenvalue weighted by Gasteiger charge is -2.38. The molecular formula is C17H20F3NO2. The smallest absolute Gasteiger partial charge is 0.376 e. The van der Waals surface area contributed by atoms with Gasteiger partial charge in [-0.3, -0.25) is 4.79 Å². The number of amides is 1. The lowest BCUT2D eigenvalue weighted by Crippen LogP contribution is -2.47. The number of hydrogen-bond acceptors (Lipinski definition) is 2. The fraction of sp³-hybridized carbons (Fsp3) is 0.588. The molecule has 3 nitrogen and oxygen atoms in total. The summed E-state index contributed by atoms with van der Waals surface area (Å²) < 4.78 is 40.3. The predicted octanol–water partition coefficient (Wildman–Crippen LogP) is 3.23. The van der Waals surface area contributed by atoms with Crippen molar-refractivity contribution in [1.29, 1.82) is 0 Å². The van der Waals surface area contributed by atoms with E-state index in [2.05, 4.69) is 0 Å². The Balaban J connectivity index is 1.78. The van der Waals surface area contributed by atoms with Crippen LogP contribution in [0.2, 0.25) is 0 Å². The molecule has 3 rings (SSSR count). The Bertz CT molecular complexity index is 583. The lowest BCUT2D eigenvalue weighted by molar-refractivity contribution is -0.268. The van der Waals surface area contributed by atoms with Crippen LogP contribution < -0.4 is 0 Å². The molecule has 1 heterocycles. The summed E-state index contributed by atoms with van der Waals surface area (Å²) in [6.45, 7) is 1.01. The van der Waals surface area contributed by atoms with Gasteiger partial charge in [0.2, 0.25) is 5.91 Å². The summed E-state index contributed by atoms with van der Waals surface area (Å²) in [5.41, 5.74) is -3.31. The van der Waals surface area contributed by atoms with E-state index < -0.39 is 24.1 Å². The molecule has 1 aromatic rings. The third kappa shape index (κ3) is 2.84. The van der Waals surface area contributed by atoms with Crippen molar-refractivity contribution in [3.63, 3.8) is 0 Å². The van der Waals surface area contributed by atoms with E-state index in [0.717, 1.165) is 25.7 Å². The van der Waals surface area contributed by atoms with Crippen LogP contribution in [0.3, 0.4) is 0 Å². The fourth-order valence-corrected chi connectivity index (χ4v) is 3.64. The van der Waals surface area contributed by atoms with Gasteiger partial charge in [-0.15, -0.1) is 0 Å². The molecule has 0 aromatic heterocycles. The highest BCUT2D eigenvalue weighted by molar-refractivity contribution is 5.78. The van der Waals surface area contributed by atoms with Gasteiger partial charge in [-0.05, 0) is 30.2 Å². The van der Waals surface area contributed by atoms with E-state index in [0.29, 0.717) is 13.1 Å². The summed E-state index contributed by atoms with van der Waals surface area (Å²) in [5.74, 6) is -0.627. The van der Waals surface area contributed by atoms with E-state index in [1.807, 2.05) is 0 Å². The van der Waals surface area contributed by atoms with Crippen LogP contribution in [0.1, 0.15) is 37.7 Å². The zero-order chi connectivity index (χ0) is 16.7. The van der Waals surface area contributed by atoms with Gasteiger partial charge in [0.15, 0.2) is 5.60 Å². The van der Waals surface area contributed by atoms with Crippen molar-refractivity contribution in [2.24, 2.45) is 5.41 Å². The maximum Gasteiger partial charge on any atom is 0.421 e. The molecule has 6 heteroatoms. The van der Waals surface area contributed by atoms with Crippen LogP contribution in [0.4, 0.5) is 13.2 Å². The molecule has 126 valence electrons. The molecule has 1 saturated heterocycles. The minimum Gasteiger partial charge on any atom is -0.376 e. The van der Waals surface area contributed by atoms with Gasteiger partial charge < -0.3 is 10.0 Å². The van der Waals surface area contributed by atoms with Gasteiger partial charge in [-0.25, -0.2) is 0 Å². The average Bonchev–Trinajstić information content (AvgIpc) is 2.92. The van der Waals surface area contributed by atoms with Crippen LogP contribution in [0, 0.1) is 5.41 Å². The van der Waals surface area contributed by atoms with E-state index in [1.54, 1.807) is 6.07 Å². The number of nitrogens with zero attached hydrogens (tertiary/aromatic N) is 1. The Labute approximate surface area is 133 Å². The molecule has 1 N–H and O–H groups in total. The number of alkyl halides is 3. The number of hydrogen-bond donors (Lipinski definition) is 1. The van der Waals surface area contributed by atoms with Crippen molar-refractivity contribution in [2.45, 2.75) is 43.9 Å². The van der Waals surface area contributed by atoms with Crippen LogP contribution in [0.15, 0.2) is 30.3 Å². The third-order valence-corrected chi connectivity index (χ3v) is 5.33. The Morgan fingerprint density at radius 2 is 1.83 bits per heavy atom. The fourth-order valence-electron chi connectivity index (χ4n) is 3.64. The van der Waals surface area contributed by atoms with Crippen LogP contribution >= 0.6 is 0 Å². The Kier molecular flexibility index (Phi) is 3.91. The van der Waals surface area contributed by atoms with Crippen molar-refractivity contribution < 1.29 is 23.1 Å². The molecule has 1 aliphatic carbocycles. The van der Waals surface area contributed by atoms with Crippen LogP contribution in [-0.4, -0.2) is 35.2 Å². The minimum absolute atomic E-state index is 0.124. The third-order valence-electron chi connectivity index (χ3n) is 5.33. The summed E-state index contributed by atoms with van der Waals surface area (Å²) in [4.78, 5) is 13.9. The summed E-state index contributed by atoms with van der Waals surface area (Å²) in [5, 5.41) is 10.3. The average molecular weight is 327 g/mol. The number of carbonyl (C=O) groups excluding carboxylic acids is 1. The SMILES string of the molecule is O=C(C[C@@](O)(c1ccccc1)C(F)(F)F)N1CCC2(CCC2)C1. The van der Waals surface area contributed by atoms with Crippen molar-refractivity contribution in [3.05, 3.63) is 35.9 Å². The number of halogens is 3. The van der Waals surface area contributed by atoms with E-state index in [4.69, 9.17) is 0 Å². The zero-order valence-corrected chi connectivity index (χ0v) is 12.8. The second-order valence-corrected chi connectivity index (χ2v) is 6.82. The zero-order valence-electron chi connectivity index (χ0n) is 12.8. The van der Waals surface area contributed by atoms with Gasteiger partial charge in [0.05, 0.1) is 6.42 Å². The van der Waals surface area contributed by atoms with E-state index in [1.165, 1.54) is 29.2 Å². The minimum atomic E-state index is -4.90. The molecule has 1 saturated carbocycles. The second-order valence-electron chi connectivity index (χ2n) is 6.82. The maximum atomic E-state index is 13.4. The standard InChI is InChI=1S/C17H20F3NO2/c18-17(19,20)16(23,13-5-2-1-3-6-13)11-14(22)21-10-9-15(12-21)7-4-8-15/h1-3,5-6,23H,4,7-12H2/t16-/m1/s1. The highest BCUT2D eigenvalue weighted by atomic mass is 19.4. The Hall–Kier alpha value is -1.56. The molecular weight excluding hydrogens is 307 g/mol. The highest BCUT2D eigenvalue weighted by Gasteiger charge is 2.57. The summed E-state index contributed by atoms with van der Waals surface area (Å²) >= 11 is 0. The largest absolute Gasteiger partial charge is 0.421 e. The first-order valence-electron chi connectivity index (χ1n) is 7.88. The molecule has 1 aliphatic heterocycles. The molecule has 0 radical (unpaired) electrons. The molecule has 23 heavy (non-hydrogen) atoms. The number of carbonyl (C=O) groups is 1. The van der Waals surface area contributed by atoms with Crippen LogP contribution in [0.25, 0.3) is 0 Å². The molecule has 1 aromatic carbocycles. The topological polar surface area (TPSA) is 40.5 Å². The predicted molar refractivity (Wildman–Crippen MR) is 78.5 cm³/mol. The highest BCUT2D eigenvalue weighted by Crippen LogP contribution is 2.49. The first-order valence-corrected chi connectivity index (χ1v) is 7.88. The first kappa shape index (κ1) is 16.3. The van der Waals surface area contributed by atoms with Gasteiger partial charge in [-0.1, -0.05) is 36.8 Å². The maximum absolute atomic E-state index is 13.4. The second kappa shape index (κ2) is 5.51. The summed E-state index contributed by atoms with van der Waals surface area (Å²) in [6.07, 6.45) is -1.81. The number of likely N-dealkylation sites (tertiary alicyclic amines) is 1. The quantitative estimate of drug-likeness (QED) is 0.926. The molecule has 2 fully saturated rings. The van der Waals surface area contributed by atoms with Crippen molar-refractivity contribution in [3.8, 4) is 0 Å². The number of rotatable bonds is 3. The Morgan fingerprint density at radius 3 is 2.30 bits per heavy atom. The summed E-state index contributed by atoms with van der Waals surface area (Å²) in [6, 6.07) is 6.84. The first-order chi connectivity index (χ1) is 10.8. The molecule has 1 atom stereocenters. The number of aliphatic hydroxyl groups is 1. The summed E-state index contributed by atoms with van der Waals surface area (Å²) in [7, 11) is 0. The van der Waals surface area contributed by atoms with Crippen molar-refractivity contribution in [2.75, 3.05) is 13.1 Å².